The largest absolute Gasteiger partial charge is 0.480 e. The van der Waals surface area contributed by atoms with E-state index in [0.29, 0.717) is 19.4 Å². The average Bonchev–Trinajstić information content (AvgIpc) is 2.34. The zero-order valence-electron chi connectivity index (χ0n) is 12.1. The fourth-order valence-electron chi connectivity index (χ4n) is 1.82. The number of rotatable bonds is 9. The molecule has 0 saturated heterocycles. The highest BCUT2D eigenvalue weighted by molar-refractivity contribution is 5.85. The van der Waals surface area contributed by atoms with Crippen molar-refractivity contribution in [1.82, 2.24) is 10.2 Å². The Labute approximate surface area is 114 Å². The van der Waals surface area contributed by atoms with Gasteiger partial charge in [0.05, 0.1) is 6.61 Å². The molecule has 0 aliphatic heterocycles. The van der Waals surface area contributed by atoms with E-state index in [4.69, 9.17) is 5.11 Å². The fraction of sp³-hybridized carbons (Fsp3) is 0.846. The van der Waals surface area contributed by atoms with Gasteiger partial charge in [-0.2, -0.15) is 0 Å². The molecule has 6 heteroatoms. The maximum absolute atomic E-state index is 12.1. The lowest BCUT2D eigenvalue weighted by atomic mass is 9.96. The smallest absolute Gasteiger partial charge is 0.329 e. The van der Waals surface area contributed by atoms with Gasteiger partial charge in [0.2, 0.25) is 0 Å². The normalized spacial score (nSPS) is 13.7. The number of carbonyl (C=O) groups excluding carboxylic acids is 1. The van der Waals surface area contributed by atoms with Crippen LogP contribution in [-0.4, -0.2) is 52.3 Å². The Kier molecular flexibility index (Phi) is 8.14. The third-order valence-corrected chi connectivity index (χ3v) is 3.04. The van der Waals surface area contributed by atoms with Gasteiger partial charge in [0.25, 0.3) is 0 Å². The highest BCUT2D eigenvalue weighted by Gasteiger charge is 2.34. The van der Waals surface area contributed by atoms with Crippen molar-refractivity contribution in [1.29, 1.82) is 0 Å². The van der Waals surface area contributed by atoms with Gasteiger partial charge in [0.1, 0.15) is 5.54 Å². The van der Waals surface area contributed by atoms with Crippen molar-refractivity contribution in [2.24, 2.45) is 0 Å². The summed E-state index contributed by atoms with van der Waals surface area (Å²) in [5, 5.41) is 20.7. The molecule has 0 radical (unpaired) electrons. The van der Waals surface area contributed by atoms with Crippen LogP contribution in [0.4, 0.5) is 4.79 Å². The van der Waals surface area contributed by atoms with Crippen LogP contribution >= 0.6 is 0 Å². The number of carboxylic acid groups (broad SMARTS) is 1. The predicted octanol–water partition coefficient (Wildman–Crippen LogP) is 1.43. The summed E-state index contributed by atoms with van der Waals surface area (Å²) >= 11 is 0. The molecule has 2 amide bonds. The molecule has 0 saturated carbocycles. The van der Waals surface area contributed by atoms with Crippen LogP contribution in [0, 0.1) is 0 Å². The number of aliphatic carboxylic acids is 1. The number of hydrogen-bond donors (Lipinski definition) is 3. The lowest BCUT2D eigenvalue weighted by molar-refractivity contribution is -0.144. The van der Waals surface area contributed by atoms with Crippen molar-refractivity contribution in [3.63, 3.8) is 0 Å². The molecule has 0 fully saturated rings. The van der Waals surface area contributed by atoms with Crippen molar-refractivity contribution in [3.8, 4) is 0 Å². The summed E-state index contributed by atoms with van der Waals surface area (Å²) < 4.78 is 0. The number of nitrogens with one attached hydrogen (secondary N) is 1. The second-order valence-electron chi connectivity index (χ2n) is 4.88. The van der Waals surface area contributed by atoms with Crippen molar-refractivity contribution in [3.05, 3.63) is 0 Å². The minimum Gasteiger partial charge on any atom is -0.480 e. The van der Waals surface area contributed by atoms with E-state index in [1.54, 1.807) is 0 Å². The number of aliphatic hydroxyl groups is 1. The SMILES string of the molecule is CCCCN(CCO)C(=O)NC(C)(CCC)C(=O)O. The van der Waals surface area contributed by atoms with Gasteiger partial charge in [-0.1, -0.05) is 26.7 Å². The number of aliphatic hydroxyl groups excluding tert-OH is 1. The topological polar surface area (TPSA) is 89.9 Å². The monoisotopic (exact) mass is 274 g/mol. The molecule has 0 aromatic rings. The van der Waals surface area contributed by atoms with Crippen LogP contribution in [0.1, 0.15) is 46.5 Å². The first kappa shape index (κ1) is 17.7. The Hall–Kier alpha value is -1.30. The van der Waals surface area contributed by atoms with E-state index >= 15 is 0 Å². The third-order valence-electron chi connectivity index (χ3n) is 3.04. The van der Waals surface area contributed by atoms with Gasteiger partial charge in [-0.05, 0) is 19.8 Å². The molecule has 0 aliphatic rings. The maximum Gasteiger partial charge on any atom is 0.329 e. The Balaban J connectivity index is 4.70. The fourth-order valence-corrected chi connectivity index (χ4v) is 1.82. The molecule has 0 aromatic heterocycles. The number of urea groups is 1. The van der Waals surface area contributed by atoms with E-state index in [1.807, 2.05) is 13.8 Å². The van der Waals surface area contributed by atoms with E-state index in [1.165, 1.54) is 11.8 Å². The second kappa shape index (κ2) is 8.74. The number of unbranched alkanes of at least 4 members (excludes halogenated alkanes) is 1. The van der Waals surface area contributed by atoms with E-state index in [-0.39, 0.29) is 13.2 Å². The van der Waals surface area contributed by atoms with E-state index in [9.17, 15) is 14.7 Å². The molecule has 0 heterocycles. The van der Waals surface area contributed by atoms with Crippen LogP contribution in [0.2, 0.25) is 0 Å². The van der Waals surface area contributed by atoms with Crippen LogP contribution in [0.15, 0.2) is 0 Å². The molecule has 1 unspecified atom stereocenters. The number of carbonyl (C=O) groups is 2. The highest BCUT2D eigenvalue weighted by atomic mass is 16.4. The zero-order valence-corrected chi connectivity index (χ0v) is 12.1. The first-order chi connectivity index (χ1) is 8.91. The zero-order chi connectivity index (χ0) is 14.9. The highest BCUT2D eigenvalue weighted by Crippen LogP contribution is 2.13. The first-order valence-corrected chi connectivity index (χ1v) is 6.82. The lowest BCUT2D eigenvalue weighted by Gasteiger charge is -2.30. The van der Waals surface area contributed by atoms with E-state index in [2.05, 4.69) is 5.32 Å². The van der Waals surface area contributed by atoms with Crippen LogP contribution in [-0.2, 0) is 4.79 Å². The number of nitrogens with zero attached hydrogens (tertiary/aromatic N) is 1. The van der Waals surface area contributed by atoms with Gasteiger partial charge in [0.15, 0.2) is 0 Å². The summed E-state index contributed by atoms with van der Waals surface area (Å²) in [6.45, 7) is 5.99. The van der Waals surface area contributed by atoms with E-state index < -0.39 is 17.5 Å². The van der Waals surface area contributed by atoms with Gasteiger partial charge in [-0.25, -0.2) is 9.59 Å². The van der Waals surface area contributed by atoms with Gasteiger partial charge < -0.3 is 20.4 Å². The third kappa shape index (κ3) is 5.92. The van der Waals surface area contributed by atoms with Gasteiger partial charge in [-0.15, -0.1) is 0 Å². The maximum atomic E-state index is 12.1. The van der Waals surface area contributed by atoms with Gasteiger partial charge in [0, 0.05) is 13.1 Å². The summed E-state index contributed by atoms with van der Waals surface area (Å²) in [6.07, 6.45) is 2.79. The Bertz CT molecular complexity index is 296. The Morgan fingerprint density at radius 1 is 1.21 bits per heavy atom. The molecule has 0 spiro atoms. The first-order valence-electron chi connectivity index (χ1n) is 6.82. The van der Waals surface area contributed by atoms with E-state index in [0.717, 1.165) is 12.8 Å². The Morgan fingerprint density at radius 3 is 2.26 bits per heavy atom. The van der Waals surface area contributed by atoms with Crippen LogP contribution in [0.3, 0.4) is 0 Å². The number of carboxylic acids is 1. The minimum absolute atomic E-state index is 0.130. The van der Waals surface area contributed by atoms with Gasteiger partial charge in [-0.3, -0.25) is 0 Å². The predicted molar refractivity (Wildman–Crippen MR) is 73.0 cm³/mol. The van der Waals surface area contributed by atoms with Crippen LogP contribution in [0.25, 0.3) is 0 Å². The van der Waals surface area contributed by atoms with Crippen LogP contribution in [0.5, 0.6) is 0 Å². The summed E-state index contributed by atoms with van der Waals surface area (Å²) in [5.74, 6) is -1.04. The van der Waals surface area contributed by atoms with Crippen molar-refractivity contribution in [2.75, 3.05) is 19.7 Å². The Morgan fingerprint density at radius 2 is 1.84 bits per heavy atom. The molecule has 6 nitrogen and oxygen atoms in total. The number of amides is 2. The summed E-state index contributed by atoms with van der Waals surface area (Å²) in [6, 6.07) is -0.430. The summed E-state index contributed by atoms with van der Waals surface area (Å²) in [7, 11) is 0. The summed E-state index contributed by atoms with van der Waals surface area (Å²) in [5.41, 5.74) is -1.26. The lowest BCUT2D eigenvalue weighted by Crippen LogP contribution is -2.56. The molecule has 1 atom stereocenters. The molecular weight excluding hydrogens is 248 g/mol. The van der Waals surface area contributed by atoms with Gasteiger partial charge >= 0.3 is 12.0 Å². The quantitative estimate of drug-likeness (QED) is 0.593. The second-order valence-corrected chi connectivity index (χ2v) is 4.88. The molecular formula is C13H26N2O4. The molecule has 0 rings (SSSR count). The number of hydrogen-bond acceptors (Lipinski definition) is 3. The molecule has 19 heavy (non-hydrogen) atoms. The molecule has 0 aromatic carbocycles. The standard InChI is InChI=1S/C13H26N2O4/c1-4-6-8-15(9-10-16)12(19)14-13(3,7-5-2)11(17)18/h16H,4-10H2,1-3H3,(H,14,19)(H,17,18). The summed E-state index contributed by atoms with van der Waals surface area (Å²) in [4.78, 5) is 24.8. The van der Waals surface area contributed by atoms with Crippen molar-refractivity contribution in [2.45, 2.75) is 52.0 Å². The molecule has 0 bridgehead atoms. The van der Waals surface area contributed by atoms with Crippen LogP contribution < -0.4 is 5.32 Å². The van der Waals surface area contributed by atoms with Crippen molar-refractivity contribution >= 4 is 12.0 Å². The molecule has 112 valence electrons. The molecule has 0 aliphatic carbocycles. The van der Waals surface area contributed by atoms with Crippen molar-refractivity contribution < 1.29 is 19.8 Å². The molecule has 3 N–H and O–H groups in total. The average molecular weight is 274 g/mol. The minimum atomic E-state index is -1.26.